The largest absolute Gasteiger partial charge is 1.00 e. The van der Waals surface area contributed by atoms with Crippen LogP contribution in [0.3, 0.4) is 0 Å². The molecule has 0 aliphatic carbocycles. The van der Waals surface area contributed by atoms with Gasteiger partial charge in [0.05, 0.1) is 6.61 Å². The van der Waals surface area contributed by atoms with Crippen LogP contribution in [-0.2, 0) is 14.6 Å². The van der Waals surface area contributed by atoms with Crippen molar-refractivity contribution in [1.29, 1.82) is 0 Å². The van der Waals surface area contributed by atoms with Crippen molar-refractivity contribution in [3.05, 3.63) is 12.2 Å². The Balaban J connectivity index is 0. The number of rotatable bonds is 28. The van der Waals surface area contributed by atoms with E-state index in [-0.39, 0.29) is 42.1 Å². The average Bonchev–Trinajstić information content (AvgIpc) is 2.82. The Kier molecular flexibility index (Phi) is 32.5. The van der Waals surface area contributed by atoms with E-state index in [2.05, 4.69) is 30.2 Å². The van der Waals surface area contributed by atoms with E-state index >= 15 is 0 Å². The second-order valence-corrected chi connectivity index (χ2v) is 11.6. The summed E-state index contributed by atoms with van der Waals surface area (Å²) in [5, 5.41) is 0. The van der Waals surface area contributed by atoms with Crippen LogP contribution in [0.2, 0.25) is 0 Å². The van der Waals surface area contributed by atoms with Gasteiger partial charge in [-0.05, 0) is 19.3 Å². The predicted molar refractivity (Wildman–Crippen MR) is 150 cm³/mol. The second-order valence-electron chi connectivity index (χ2n) is 10.5. The fraction of sp³-hybridized carbons (Fsp3) is 0.933. The SMILES string of the molecule is CCCCCCCCCCCCCCCCC/C=C/C(CCCCCCCCC)COS(=O)(=O)[O-].[Na+]. The minimum Gasteiger partial charge on any atom is -0.726 e. The molecule has 0 saturated heterocycles. The van der Waals surface area contributed by atoms with Crippen molar-refractivity contribution < 1.29 is 46.7 Å². The molecule has 1 unspecified atom stereocenters. The minimum absolute atomic E-state index is 0. The molecule has 0 radical (unpaired) electrons. The molecule has 0 aliphatic heterocycles. The van der Waals surface area contributed by atoms with Crippen molar-refractivity contribution in [3.63, 3.8) is 0 Å². The van der Waals surface area contributed by atoms with Crippen LogP contribution < -0.4 is 29.6 Å². The molecule has 210 valence electrons. The quantitative estimate of drug-likeness (QED) is 0.0352. The Morgan fingerprint density at radius 1 is 0.611 bits per heavy atom. The van der Waals surface area contributed by atoms with Crippen molar-refractivity contribution in [1.82, 2.24) is 0 Å². The molecule has 0 fully saturated rings. The maximum Gasteiger partial charge on any atom is 1.00 e. The van der Waals surface area contributed by atoms with Gasteiger partial charge in [0.25, 0.3) is 0 Å². The molecule has 0 aromatic heterocycles. The molecule has 1 atom stereocenters. The molecular formula is C30H59NaO4S. The van der Waals surface area contributed by atoms with Crippen molar-refractivity contribution in [2.45, 2.75) is 168 Å². The monoisotopic (exact) mass is 538 g/mol. The third-order valence-corrected chi connectivity index (χ3v) is 7.41. The zero-order valence-electron chi connectivity index (χ0n) is 24.5. The van der Waals surface area contributed by atoms with Crippen molar-refractivity contribution >= 4 is 10.4 Å². The molecule has 36 heavy (non-hydrogen) atoms. The molecule has 0 N–H and O–H groups in total. The molecule has 0 aromatic carbocycles. The van der Waals surface area contributed by atoms with Crippen LogP contribution in [0, 0.1) is 5.92 Å². The molecule has 0 spiro atoms. The molecule has 4 nitrogen and oxygen atoms in total. The molecule has 0 bridgehead atoms. The molecule has 0 aromatic rings. The molecule has 0 amide bonds. The summed E-state index contributed by atoms with van der Waals surface area (Å²) in [7, 11) is -4.61. The second kappa shape index (κ2) is 30.2. The summed E-state index contributed by atoms with van der Waals surface area (Å²) >= 11 is 0. The Labute approximate surface area is 248 Å². The van der Waals surface area contributed by atoms with Gasteiger partial charge in [-0.3, -0.25) is 4.18 Å². The molecule has 0 saturated carbocycles. The Morgan fingerprint density at radius 2 is 0.972 bits per heavy atom. The maximum absolute atomic E-state index is 10.8. The van der Waals surface area contributed by atoms with Gasteiger partial charge in [-0.15, -0.1) is 0 Å². The van der Waals surface area contributed by atoms with E-state index in [0.29, 0.717) is 0 Å². The van der Waals surface area contributed by atoms with Crippen LogP contribution in [0.5, 0.6) is 0 Å². The summed E-state index contributed by atoms with van der Waals surface area (Å²) in [5.74, 6) is 0.0192. The first kappa shape index (κ1) is 38.8. The Morgan fingerprint density at radius 3 is 1.36 bits per heavy atom. The normalized spacial score (nSPS) is 12.8. The van der Waals surface area contributed by atoms with E-state index in [1.165, 1.54) is 128 Å². The van der Waals surface area contributed by atoms with Gasteiger partial charge < -0.3 is 4.55 Å². The summed E-state index contributed by atoms with van der Waals surface area (Å²) in [4.78, 5) is 0. The van der Waals surface area contributed by atoms with E-state index < -0.39 is 10.4 Å². The van der Waals surface area contributed by atoms with Gasteiger partial charge in [0.15, 0.2) is 0 Å². The third-order valence-electron chi connectivity index (χ3n) is 6.99. The van der Waals surface area contributed by atoms with Gasteiger partial charge >= 0.3 is 29.6 Å². The van der Waals surface area contributed by atoms with E-state index in [9.17, 15) is 13.0 Å². The molecule has 0 aliphatic rings. The van der Waals surface area contributed by atoms with Crippen LogP contribution >= 0.6 is 0 Å². The predicted octanol–water partition coefficient (Wildman–Crippen LogP) is 7.04. The fourth-order valence-corrected chi connectivity index (χ4v) is 5.03. The van der Waals surface area contributed by atoms with Gasteiger partial charge in [0.1, 0.15) is 0 Å². The summed E-state index contributed by atoms with van der Waals surface area (Å²) in [6, 6.07) is 0. The first-order valence-electron chi connectivity index (χ1n) is 15.3. The number of unbranched alkanes of at least 4 members (excludes halogenated alkanes) is 21. The van der Waals surface area contributed by atoms with E-state index in [1.54, 1.807) is 0 Å². The van der Waals surface area contributed by atoms with Gasteiger partial charge in [-0.1, -0.05) is 161 Å². The standard InChI is InChI=1S/C30H60O4S.Na/c1-3-5-7-9-11-12-13-14-15-16-17-18-19-20-22-24-26-28-30(29-34-35(31,32)33)27-25-23-21-10-8-6-4-2;/h26,28,30H,3-25,27,29H2,1-2H3,(H,31,32,33);/q;+1/p-1/b28-26+;. The van der Waals surface area contributed by atoms with Crippen molar-refractivity contribution in [2.24, 2.45) is 5.92 Å². The maximum atomic E-state index is 10.8. The smallest absolute Gasteiger partial charge is 0.726 e. The zero-order valence-corrected chi connectivity index (χ0v) is 27.3. The van der Waals surface area contributed by atoms with E-state index in [4.69, 9.17) is 0 Å². The van der Waals surface area contributed by atoms with Crippen molar-refractivity contribution in [2.75, 3.05) is 6.61 Å². The Hall–Kier alpha value is 0.610. The molecule has 0 heterocycles. The number of hydrogen-bond acceptors (Lipinski definition) is 4. The van der Waals surface area contributed by atoms with Crippen LogP contribution in [0.25, 0.3) is 0 Å². The number of allylic oxidation sites excluding steroid dienone is 1. The van der Waals surface area contributed by atoms with E-state index in [0.717, 1.165) is 25.7 Å². The zero-order chi connectivity index (χ0) is 25.9. The molecule has 0 rings (SSSR count). The first-order valence-corrected chi connectivity index (χ1v) is 16.6. The van der Waals surface area contributed by atoms with Crippen molar-refractivity contribution in [3.8, 4) is 0 Å². The number of hydrogen-bond donors (Lipinski definition) is 0. The summed E-state index contributed by atoms with van der Waals surface area (Å²) in [5.41, 5.74) is 0. The van der Waals surface area contributed by atoms with Gasteiger partial charge in [0.2, 0.25) is 10.4 Å². The fourth-order valence-electron chi connectivity index (χ4n) is 4.69. The van der Waals surface area contributed by atoms with Crippen LogP contribution in [0.4, 0.5) is 0 Å². The van der Waals surface area contributed by atoms with Gasteiger partial charge in [0, 0.05) is 5.92 Å². The summed E-state index contributed by atoms with van der Waals surface area (Å²) in [6.45, 7) is 4.48. The van der Waals surface area contributed by atoms with Crippen LogP contribution in [0.15, 0.2) is 12.2 Å². The first-order chi connectivity index (χ1) is 17.0. The minimum atomic E-state index is -4.61. The Bertz CT molecular complexity index is 551. The van der Waals surface area contributed by atoms with Crippen LogP contribution in [0.1, 0.15) is 168 Å². The van der Waals surface area contributed by atoms with Gasteiger partial charge in [-0.2, -0.15) is 0 Å². The third kappa shape index (κ3) is 32.6. The topological polar surface area (TPSA) is 66.4 Å². The molecular weight excluding hydrogens is 479 g/mol. The van der Waals surface area contributed by atoms with Gasteiger partial charge in [-0.25, -0.2) is 8.42 Å². The average molecular weight is 539 g/mol. The van der Waals surface area contributed by atoms with E-state index in [1.807, 2.05) is 0 Å². The molecule has 6 heteroatoms. The summed E-state index contributed by atoms with van der Waals surface area (Å²) < 4.78 is 37.1. The van der Waals surface area contributed by atoms with Crippen LogP contribution in [-0.4, -0.2) is 19.6 Å². The summed E-state index contributed by atoms with van der Waals surface area (Å²) in [6.07, 6.45) is 35.3.